The number of hydrogen-bond acceptors (Lipinski definition) is 3. The Morgan fingerprint density at radius 1 is 1.14 bits per heavy atom. The Morgan fingerprint density at radius 3 is 2.57 bits per heavy atom. The van der Waals surface area contributed by atoms with E-state index in [2.05, 4.69) is 16.9 Å². The summed E-state index contributed by atoms with van der Waals surface area (Å²) in [4.78, 5) is 36.5. The number of likely N-dealkylation sites (tertiary alicyclic amines) is 2. The normalized spacial score (nSPS) is 19.2. The quantitative estimate of drug-likeness (QED) is 0.886. The van der Waals surface area contributed by atoms with E-state index in [9.17, 15) is 9.59 Å². The highest BCUT2D eigenvalue weighted by Crippen LogP contribution is 2.40. The predicted molar refractivity (Wildman–Crippen MR) is 107 cm³/mol. The molecule has 2 aromatic heterocycles. The summed E-state index contributed by atoms with van der Waals surface area (Å²) in [6, 6.07) is 7.82. The summed E-state index contributed by atoms with van der Waals surface area (Å²) in [6.07, 6.45) is 7.90. The van der Waals surface area contributed by atoms with Crippen molar-refractivity contribution in [3.63, 3.8) is 0 Å². The Hall–Kier alpha value is -2.63. The molecule has 4 rings (SSSR count). The van der Waals surface area contributed by atoms with E-state index < -0.39 is 0 Å². The molecule has 2 fully saturated rings. The fraction of sp³-hybridized carbons (Fsp3) is 0.500. The van der Waals surface area contributed by atoms with Gasteiger partial charge in [0.2, 0.25) is 5.91 Å². The minimum absolute atomic E-state index is 0.0927. The van der Waals surface area contributed by atoms with Crippen LogP contribution in [-0.4, -0.2) is 51.2 Å². The van der Waals surface area contributed by atoms with Crippen LogP contribution in [0.5, 0.6) is 0 Å². The lowest BCUT2D eigenvalue weighted by molar-refractivity contribution is -0.139. The van der Waals surface area contributed by atoms with Crippen molar-refractivity contribution in [3.05, 3.63) is 53.6 Å². The maximum atomic E-state index is 12.8. The Kier molecular flexibility index (Phi) is 5.20. The number of amides is 2. The van der Waals surface area contributed by atoms with E-state index in [0.717, 1.165) is 56.6 Å². The van der Waals surface area contributed by atoms with Gasteiger partial charge in [0.25, 0.3) is 5.91 Å². The molecule has 0 saturated carbocycles. The van der Waals surface area contributed by atoms with Crippen LogP contribution in [0.15, 0.2) is 36.7 Å². The predicted octanol–water partition coefficient (Wildman–Crippen LogP) is 3.02. The molecule has 2 aliphatic rings. The zero-order valence-electron chi connectivity index (χ0n) is 16.5. The molecule has 2 aliphatic heterocycles. The Morgan fingerprint density at radius 2 is 1.89 bits per heavy atom. The number of aryl methyl sites for hydroxylation is 1. The van der Waals surface area contributed by atoms with E-state index in [1.54, 1.807) is 12.4 Å². The first-order chi connectivity index (χ1) is 13.6. The Bertz CT molecular complexity index is 837. The van der Waals surface area contributed by atoms with E-state index in [4.69, 9.17) is 0 Å². The van der Waals surface area contributed by atoms with Gasteiger partial charge in [-0.3, -0.25) is 14.6 Å². The van der Waals surface area contributed by atoms with Crippen molar-refractivity contribution in [2.45, 2.75) is 45.6 Å². The van der Waals surface area contributed by atoms with Gasteiger partial charge in [-0.1, -0.05) is 6.92 Å². The number of aromatic nitrogens is 2. The lowest BCUT2D eigenvalue weighted by atomic mass is 9.72. The van der Waals surface area contributed by atoms with Crippen molar-refractivity contribution in [2.24, 2.45) is 5.41 Å². The maximum Gasteiger partial charge on any atom is 0.270 e. The molecule has 0 radical (unpaired) electrons. The zero-order valence-corrected chi connectivity index (χ0v) is 16.5. The fourth-order valence-corrected chi connectivity index (χ4v) is 4.49. The van der Waals surface area contributed by atoms with Crippen molar-refractivity contribution in [1.82, 2.24) is 19.8 Å². The molecule has 0 bridgehead atoms. The van der Waals surface area contributed by atoms with Crippen LogP contribution in [0.25, 0.3) is 0 Å². The van der Waals surface area contributed by atoms with Crippen LogP contribution in [0.2, 0.25) is 0 Å². The molecule has 1 N–H and O–H groups in total. The summed E-state index contributed by atoms with van der Waals surface area (Å²) in [5.74, 6) is 0.328. The van der Waals surface area contributed by atoms with Crippen LogP contribution >= 0.6 is 0 Å². The molecular formula is C22H28N4O2. The van der Waals surface area contributed by atoms with Crippen LogP contribution in [0.4, 0.5) is 0 Å². The first-order valence-corrected chi connectivity index (χ1v) is 10.2. The van der Waals surface area contributed by atoms with Gasteiger partial charge < -0.3 is 14.8 Å². The lowest BCUT2D eigenvalue weighted by Gasteiger charge is -2.47. The zero-order chi connectivity index (χ0) is 19.6. The van der Waals surface area contributed by atoms with Gasteiger partial charge in [-0.05, 0) is 60.9 Å². The maximum absolute atomic E-state index is 12.8. The van der Waals surface area contributed by atoms with E-state index in [-0.39, 0.29) is 17.2 Å². The summed E-state index contributed by atoms with van der Waals surface area (Å²) in [6.45, 7) is 5.03. The van der Waals surface area contributed by atoms with Gasteiger partial charge in [0, 0.05) is 50.7 Å². The fourth-order valence-electron chi connectivity index (χ4n) is 4.49. The summed E-state index contributed by atoms with van der Waals surface area (Å²) in [5.41, 5.74) is 3.04. The third kappa shape index (κ3) is 3.81. The second-order valence-electron chi connectivity index (χ2n) is 8.15. The smallest absolute Gasteiger partial charge is 0.270 e. The molecule has 0 aliphatic carbocycles. The van der Waals surface area contributed by atoms with Gasteiger partial charge in [0.05, 0.1) is 0 Å². The third-order valence-electron chi connectivity index (χ3n) is 6.34. The molecule has 0 atom stereocenters. The van der Waals surface area contributed by atoms with Crippen molar-refractivity contribution < 1.29 is 9.59 Å². The number of H-pyrrole nitrogens is 1. The number of rotatable bonds is 4. The number of nitrogens with zero attached hydrogens (tertiary/aromatic N) is 3. The van der Waals surface area contributed by atoms with Gasteiger partial charge in [-0.2, -0.15) is 0 Å². The van der Waals surface area contributed by atoms with Crippen molar-refractivity contribution in [3.8, 4) is 0 Å². The van der Waals surface area contributed by atoms with E-state index in [1.807, 2.05) is 34.1 Å². The van der Waals surface area contributed by atoms with Gasteiger partial charge >= 0.3 is 0 Å². The Labute approximate surface area is 165 Å². The molecule has 4 heterocycles. The van der Waals surface area contributed by atoms with Crippen LogP contribution < -0.4 is 0 Å². The van der Waals surface area contributed by atoms with Crippen molar-refractivity contribution in [2.75, 3.05) is 19.6 Å². The Balaban J connectivity index is 1.38. The summed E-state index contributed by atoms with van der Waals surface area (Å²) in [5, 5.41) is 0. The summed E-state index contributed by atoms with van der Waals surface area (Å²) < 4.78 is 0. The third-order valence-corrected chi connectivity index (χ3v) is 6.34. The van der Waals surface area contributed by atoms with Crippen LogP contribution in [0, 0.1) is 5.41 Å². The molecule has 148 valence electrons. The monoisotopic (exact) mass is 380 g/mol. The van der Waals surface area contributed by atoms with E-state index in [0.29, 0.717) is 18.7 Å². The lowest BCUT2D eigenvalue weighted by Crippen LogP contribution is -2.52. The van der Waals surface area contributed by atoms with Crippen LogP contribution in [0.1, 0.15) is 54.4 Å². The molecule has 6 heteroatoms. The molecule has 6 nitrogen and oxygen atoms in total. The molecule has 2 amide bonds. The largest absolute Gasteiger partial charge is 0.354 e. The SMILES string of the molecule is CCc1ccc(C(=O)N2CCC3(CCC(=O)N(Cc4ccncc4)C3)CC2)[nH]1. The first kappa shape index (κ1) is 18.7. The number of carbonyl (C=O) groups is 2. The highest BCUT2D eigenvalue weighted by atomic mass is 16.2. The highest BCUT2D eigenvalue weighted by Gasteiger charge is 2.41. The molecule has 2 aromatic rings. The number of piperidine rings is 2. The average Bonchev–Trinajstić information content (AvgIpc) is 3.21. The molecular weight excluding hydrogens is 352 g/mol. The molecule has 0 unspecified atom stereocenters. The van der Waals surface area contributed by atoms with Gasteiger partial charge in [-0.25, -0.2) is 0 Å². The van der Waals surface area contributed by atoms with Crippen molar-refractivity contribution in [1.29, 1.82) is 0 Å². The minimum Gasteiger partial charge on any atom is -0.354 e. The number of pyridine rings is 1. The van der Waals surface area contributed by atoms with Gasteiger partial charge in [0.1, 0.15) is 5.69 Å². The van der Waals surface area contributed by atoms with Crippen LogP contribution in [-0.2, 0) is 17.8 Å². The first-order valence-electron chi connectivity index (χ1n) is 10.2. The van der Waals surface area contributed by atoms with Gasteiger partial charge in [0.15, 0.2) is 0 Å². The molecule has 28 heavy (non-hydrogen) atoms. The standard InChI is InChI=1S/C22H28N4O2/c1-2-18-3-4-19(24-18)21(28)25-13-9-22(10-14-25)8-5-20(27)26(16-22)15-17-6-11-23-12-7-17/h3-4,6-7,11-12,24H,2,5,8-10,13-16H2,1H3. The van der Waals surface area contributed by atoms with Crippen LogP contribution in [0.3, 0.4) is 0 Å². The average molecular weight is 380 g/mol. The van der Waals surface area contributed by atoms with E-state index >= 15 is 0 Å². The molecule has 2 saturated heterocycles. The van der Waals surface area contributed by atoms with E-state index in [1.165, 1.54) is 0 Å². The topological polar surface area (TPSA) is 69.3 Å². The number of nitrogens with one attached hydrogen (secondary N) is 1. The number of carbonyl (C=O) groups excluding carboxylic acids is 2. The summed E-state index contributed by atoms with van der Waals surface area (Å²) in [7, 11) is 0. The molecule has 1 spiro atoms. The second-order valence-corrected chi connectivity index (χ2v) is 8.15. The van der Waals surface area contributed by atoms with Crippen molar-refractivity contribution >= 4 is 11.8 Å². The van der Waals surface area contributed by atoms with Gasteiger partial charge in [-0.15, -0.1) is 0 Å². The second kappa shape index (κ2) is 7.78. The number of aromatic amines is 1. The highest BCUT2D eigenvalue weighted by molar-refractivity contribution is 5.92. The summed E-state index contributed by atoms with van der Waals surface area (Å²) >= 11 is 0. The molecule has 0 aromatic carbocycles. The minimum atomic E-state index is 0.0927. The number of hydrogen-bond donors (Lipinski definition) is 1.